The first-order valence-corrected chi connectivity index (χ1v) is 7.17. The molecule has 0 spiro atoms. The third-order valence-electron chi connectivity index (χ3n) is 3.24. The van der Waals surface area contributed by atoms with Gasteiger partial charge in [0.2, 0.25) is 0 Å². The molecule has 0 bridgehead atoms. The van der Waals surface area contributed by atoms with Gasteiger partial charge in [-0.05, 0) is 23.8 Å². The highest BCUT2D eigenvalue weighted by Gasteiger charge is 2.25. The number of hydrogen-bond donors (Lipinski definition) is 2. The van der Waals surface area contributed by atoms with E-state index >= 15 is 0 Å². The van der Waals surface area contributed by atoms with E-state index in [9.17, 15) is 9.90 Å². The Bertz CT molecular complexity index is 586. The second kappa shape index (κ2) is 6.57. The summed E-state index contributed by atoms with van der Waals surface area (Å²) in [5, 5.41) is 12.5. The van der Waals surface area contributed by atoms with Gasteiger partial charge in [0.05, 0.1) is 0 Å². The maximum atomic E-state index is 11.5. The van der Waals surface area contributed by atoms with Gasteiger partial charge in [0.1, 0.15) is 6.04 Å². The first-order chi connectivity index (χ1) is 9.58. The summed E-state index contributed by atoms with van der Waals surface area (Å²) in [7, 11) is 0. The van der Waals surface area contributed by atoms with E-state index in [1.807, 2.05) is 61.5 Å². The summed E-state index contributed by atoms with van der Waals surface area (Å²) < 4.78 is 0.916. The van der Waals surface area contributed by atoms with E-state index in [1.54, 1.807) is 0 Å². The van der Waals surface area contributed by atoms with Crippen LogP contribution in [0.1, 0.15) is 18.4 Å². The number of carboxylic acids is 1. The van der Waals surface area contributed by atoms with Crippen molar-refractivity contribution in [2.45, 2.75) is 18.9 Å². The number of carbonyl (C=O) groups is 1. The Morgan fingerprint density at radius 1 is 1.15 bits per heavy atom. The Morgan fingerprint density at radius 3 is 2.45 bits per heavy atom. The largest absolute Gasteiger partial charge is 0.480 e. The number of aliphatic carboxylic acids is 1. The fourth-order valence-electron chi connectivity index (χ4n) is 2.11. The molecule has 2 N–H and O–H groups in total. The highest BCUT2D eigenvalue weighted by atomic mass is 79.9. The molecule has 0 aliphatic carbocycles. The molecule has 0 fully saturated rings. The average molecular weight is 334 g/mol. The van der Waals surface area contributed by atoms with Crippen LogP contribution >= 0.6 is 15.9 Å². The van der Waals surface area contributed by atoms with Crippen LogP contribution in [0.5, 0.6) is 0 Å². The van der Waals surface area contributed by atoms with Crippen LogP contribution in [-0.2, 0) is 4.79 Å². The van der Waals surface area contributed by atoms with Crippen molar-refractivity contribution in [2.75, 3.05) is 5.32 Å². The number of hydrogen-bond acceptors (Lipinski definition) is 2. The minimum Gasteiger partial charge on any atom is -0.480 e. The van der Waals surface area contributed by atoms with E-state index in [2.05, 4.69) is 21.2 Å². The smallest absolute Gasteiger partial charge is 0.326 e. The molecule has 0 heterocycles. The predicted octanol–water partition coefficient (Wildman–Crippen LogP) is 4.12. The van der Waals surface area contributed by atoms with Crippen LogP contribution in [0.2, 0.25) is 0 Å². The normalized spacial score (nSPS) is 13.5. The van der Waals surface area contributed by atoms with Crippen molar-refractivity contribution in [1.29, 1.82) is 0 Å². The van der Waals surface area contributed by atoms with Gasteiger partial charge in [-0.2, -0.15) is 0 Å². The molecule has 0 aromatic heterocycles. The lowest BCUT2D eigenvalue weighted by atomic mass is 9.93. The third kappa shape index (κ3) is 3.61. The van der Waals surface area contributed by atoms with Crippen molar-refractivity contribution in [1.82, 2.24) is 0 Å². The van der Waals surface area contributed by atoms with Crippen molar-refractivity contribution in [3.8, 4) is 0 Å². The highest BCUT2D eigenvalue weighted by Crippen LogP contribution is 2.24. The molecule has 2 rings (SSSR count). The molecular formula is C16H16BrNO2. The van der Waals surface area contributed by atoms with E-state index in [0.29, 0.717) is 0 Å². The van der Waals surface area contributed by atoms with Crippen LogP contribution in [0.15, 0.2) is 59.1 Å². The summed E-state index contributed by atoms with van der Waals surface area (Å²) in [4.78, 5) is 11.5. The summed E-state index contributed by atoms with van der Waals surface area (Å²) >= 11 is 3.38. The topological polar surface area (TPSA) is 49.3 Å². The number of nitrogens with one attached hydrogen (secondary N) is 1. The first-order valence-electron chi connectivity index (χ1n) is 6.38. The molecule has 0 radical (unpaired) electrons. The lowest BCUT2D eigenvalue weighted by Crippen LogP contribution is -2.34. The Balaban J connectivity index is 2.21. The Labute approximate surface area is 126 Å². The summed E-state index contributed by atoms with van der Waals surface area (Å²) in [6, 6.07) is 16.5. The van der Waals surface area contributed by atoms with Crippen LogP contribution in [0.4, 0.5) is 5.69 Å². The van der Waals surface area contributed by atoms with Gasteiger partial charge in [-0.1, -0.05) is 59.3 Å². The lowest BCUT2D eigenvalue weighted by Gasteiger charge is -2.23. The Morgan fingerprint density at radius 2 is 1.85 bits per heavy atom. The third-order valence-corrected chi connectivity index (χ3v) is 3.73. The molecule has 0 aliphatic heterocycles. The average Bonchev–Trinajstić information content (AvgIpc) is 2.45. The van der Waals surface area contributed by atoms with E-state index in [4.69, 9.17) is 0 Å². The zero-order valence-corrected chi connectivity index (χ0v) is 12.7. The van der Waals surface area contributed by atoms with Gasteiger partial charge in [-0.25, -0.2) is 4.79 Å². The van der Waals surface area contributed by atoms with E-state index in [-0.39, 0.29) is 5.92 Å². The minimum absolute atomic E-state index is 0.132. The van der Waals surface area contributed by atoms with Crippen LogP contribution in [0, 0.1) is 0 Å². The second-order valence-corrected chi connectivity index (χ2v) is 5.59. The summed E-state index contributed by atoms with van der Waals surface area (Å²) in [5.74, 6) is -0.992. The predicted molar refractivity (Wildman–Crippen MR) is 84.0 cm³/mol. The van der Waals surface area contributed by atoms with Crippen molar-refractivity contribution in [3.63, 3.8) is 0 Å². The van der Waals surface area contributed by atoms with E-state index in [1.165, 1.54) is 0 Å². The zero-order chi connectivity index (χ0) is 14.5. The number of benzene rings is 2. The Kier molecular flexibility index (Phi) is 4.79. The molecule has 2 unspecified atom stereocenters. The molecule has 2 aromatic carbocycles. The van der Waals surface area contributed by atoms with E-state index in [0.717, 1.165) is 15.7 Å². The first kappa shape index (κ1) is 14.6. The van der Waals surface area contributed by atoms with Crippen LogP contribution < -0.4 is 5.32 Å². The van der Waals surface area contributed by atoms with Crippen molar-refractivity contribution < 1.29 is 9.90 Å². The number of carboxylic acid groups (broad SMARTS) is 1. The van der Waals surface area contributed by atoms with Crippen LogP contribution in [0.3, 0.4) is 0 Å². The Hall–Kier alpha value is -1.81. The van der Waals surface area contributed by atoms with Crippen molar-refractivity contribution in [2.24, 2.45) is 0 Å². The fraction of sp³-hybridized carbons (Fsp3) is 0.188. The number of anilines is 1. The SMILES string of the molecule is CC(c1ccccc1)C(Nc1cccc(Br)c1)C(=O)O. The van der Waals surface area contributed by atoms with Gasteiger partial charge in [0.25, 0.3) is 0 Å². The standard InChI is InChI=1S/C16H16BrNO2/c1-11(12-6-3-2-4-7-12)15(16(19)20)18-14-9-5-8-13(17)10-14/h2-11,15,18H,1H3,(H,19,20). The molecule has 0 aliphatic rings. The lowest BCUT2D eigenvalue weighted by molar-refractivity contribution is -0.138. The second-order valence-electron chi connectivity index (χ2n) is 4.67. The van der Waals surface area contributed by atoms with Gasteiger partial charge in [-0.15, -0.1) is 0 Å². The molecule has 0 saturated carbocycles. The minimum atomic E-state index is -0.860. The van der Waals surface area contributed by atoms with Crippen LogP contribution in [0.25, 0.3) is 0 Å². The van der Waals surface area contributed by atoms with Crippen molar-refractivity contribution in [3.05, 3.63) is 64.6 Å². The zero-order valence-electron chi connectivity index (χ0n) is 11.1. The summed E-state index contributed by atoms with van der Waals surface area (Å²) in [6.45, 7) is 1.92. The molecular weight excluding hydrogens is 318 g/mol. The van der Waals surface area contributed by atoms with Crippen molar-refractivity contribution >= 4 is 27.6 Å². The molecule has 4 heteroatoms. The van der Waals surface area contributed by atoms with Gasteiger partial charge in [0.15, 0.2) is 0 Å². The number of halogens is 1. The fourth-order valence-corrected chi connectivity index (χ4v) is 2.51. The molecule has 0 amide bonds. The molecule has 20 heavy (non-hydrogen) atoms. The van der Waals surface area contributed by atoms with E-state index < -0.39 is 12.0 Å². The highest BCUT2D eigenvalue weighted by molar-refractivity contribution is 9.10. The molecule has 3 nitrogen and oxygen atoms in total. The van der Waals surface area contributed by atoms with Gasteiger partial charge >= 0.3 is 5.97 Å². The maximum Gasteiger partial charge on any atom is 0.326 e. The number of rotatable bonds is 5. The molecule has 0 saturated heterocycles. The quantitative estimate of drug-likeness (QED) is 0.865. The monoisotopic (exact) mass is 333 g/mol. The summed E-state index contributed by atoms with van der Waals surface area (Å²) in [6.07, 6.45) is 0. The molecule has 2 aromatic rings. The molecule has 104 valence electrons. The van der Waals surface area contributed by atoms with Crippen LogP contribution in [-0.4, -0.2) is 17.1 Å². The molecule has 2 atom stereocenters. The van der Waals surface area contributed by atoms with Gasteiger partial charge in [-0.3, -0.25) is 0 Å². The van der Waals surface area contributed by atoms with Gasteiger partial charge < -0.3 is 10.4 Å². The maximum absolute atomic E-state index is 11.5. The van der Waals surface area contributed by atoms with Gasteiger partial charge in [0, 0.05) is 16.1 Å². The summed E-state index contributed by atoms with van der Waals surface area (Å²) in [5.41, 5.74) is 1.79.